The molecule has 2 heteroatoms. The second-order valence-electron chi connectivity index (χ2n) is 4.66. The van der Waals surface area contributed by atoms with Crippen LogP contribution in [0.25, 0.3) is 0 Å². The maximum Gasteiger partial charge on any atom is 0.328 e. The Bertz CT molecular complexity index is 378. The van der Waals surface area contributed by atoms with E-state index in [4.69, 9.17) is 5.11 Å². The van der Waals surface area contributed by atoms with Crippen LogP contribution in [-0.4, -0.2) is 11.1 Å². The maximum atomic E-state index is 10.2. The smallest absolute Gasteiger partial charge is 0.328 e. The van der Waals surface area contributed by atoms with Gasteiger partial charge in [0.25, 0.3) is 0 Å². The SMILES string of the molecule is CCCCCCCCCC=CC#CC=C/C=C\C(=O)O. The number of allylic oxidation sites excluding steroid dienone is 5. The Morgan fingerprint density at radius 3 is 2.30 bits per heavy atom. The molecule has 0 spiro atoms. The number of hydrogen-bond donors (Lipinski definition) is 1. The number of aliphatic carboxylic acids is 1. The zero-order valence-corrected chi connectivity index (χ0v) is 12.5. The topological polar surface area (TPSA) is 37.3 Å². The molecule has 0 unspecified atom stereocenters. The molecule has 2 nitrogen and oxygen atoms in total. The Labute approximate surface area is 123 Å². The van der Waals surface area contributed by atoms with Crippen LogP contribution in [0.15, 0.2) is 36.5 Å². The Kier molecular flexibility index (Phi) is 14.0. The molecule has 0 aromatic carbocycles. The molecule has 0 atom stereocenters. The Balaban J connectivity index is 3.46. The van der Waals surface area contributed by atoms with E-state index >= 15 is 0 Å². The minimum Gasteiger partial charge on any atom is -0.478 e. The van der Waals surface area contributed by atoms with Crippen molar-refractivity contribution in [1.82, 2.24) is 0 Å². The van der Waals surface area contributed by atoms with Crippen LogP contribution >= 0.6 is 0 Å². The molecule has 0 aliphatic heterocycles. The van der Waals surface area contributed by atoms with E-state index in [0.717, 1.165) is 12.5 Å². The van der Waals surface area contributed by atoms with E-state index < -0.39 is 5.97 Å². The molecule has 0 saturated carbocycles. The maximum absolute atomic E-state index is 10.2. The van der Waals surface area contributed by atoms with E-state index in [1.807, 2.05) is 6.08 Å². The summed E-state index contributed by atoms with van der Waals surface area (Å²) >= 11 is 0. The third-order valence-electron chi connectivity index (χ3n) is 2.79. The van der Waals surface area contributed by atoms with Crippen LogP contribution in [0.1, 0.15) is 58.3 Å². The van der Waals surface area contributed by atoms with E-state index in [9.17, 15) is 4.79 Å². The van der Waals surface area contributed by atoms with E-state index in [1.54, 1.807) is 12.2 Å². The van der Waals surface area contributed by atoms with Gasteiger partial charge in [0, 0.05) is 6.08 Å². The molecule has 1 N–H and O–H groups in total. The Morgan fingerprint density at radius 2 is 1.60 bits per heavy atom. The van der Waals surface area contributed by atoms with E-state index in [0.29, 0.717) is 0 Å². The van der Waals surface area contributed by atoms with Crippen molar-refractivity contribution < 1.29 is 9.90 Å². The van der Waals surface area contributed by atoms with Crippen molar-refractivity contribution in [2.24, 2.45) is 0 Å². The monoisotopic (exact) mass is 274 g/mol. The van der Waals surface area contributed by atoms with Crippen LogP contribution in [0.4, 0.5) is 0 Å². The molecule has 0 saturated heterocycles. The minimum atomic E-state index is -0.947. The van der Waals surface area contributed by atoms with Crippen LogP contribution in [0.5, 0.6) is 0 Å². The molecular formula is C18H26O2. The standard InChI is InChI=1S/C18H26O2/c1-2-3-4-5-6-7-8-9-10-11-12-13-14-15-16-17-18(19)20/h10-11,14-17H,2-9H2,1H3,(H,19,20)/b11-10?,15-14?,17-16-. The highest BCUT2D eigenvalue weighted by Crippen LogP contribution is 2.08. The van der Waals surface area contributed by atoms with Gasteiger partial charge in [-0.15, -0.1) is 0 Å². The van der Waals surface area contributed by atoms with Gasteiger partial charge in [-0.05, 0) is 25.0 Å². The summed E-state index contributed by atoms with van der Waals surface area (Å²) in [5, 5.41) is 8.35. The van der Waals surface area contributed by atoms with Gasteiger partial charge < -0.3 is 5.11 Å². The fourth-order valence-electron chi connectivity index (χ4n) is 1.70. The van der Waals surface area contributed by atoms with Crippen molar-refractivity contribution in [2.75, 3.05) is 0 Å². The van der Waals surface area contributed by atoms with Crippen LogP contribution in [-0.2, 0) is 4.79 Å². The molecule has 0 fully saturated rings. The molecule has 110 valence electrons. The molecule has 0 aromatic heterocycles. The van der Waals surface area contributed by atoms with Crippen molar-refractivity contribution in [3.8, 4) is 11.8 Å². The fraction of sp³-hybridized carbons (Fsp3) is 0.500. The number of carboxylic acid groups (broad SMARTS) is 1. The number of rotatable bonds is 10. The summed E-state index contributed by atoms with van der Waals surface area (Å²) in [7, 11) is 0. The number of hydrogen-bond acceptors (Lipinski definition) is 1. The van der Waals surface area contributed by atoms with Crippen molar-refractivity contribution >= 4 is 5.97 Å². The van der Waals surface area contributed by atoms with E-state index in [-0.39, 0.29) is 0 Å². The molecule has 0 radical (unpaired) electrons. The van der Waals surface area contributed by atoms with Crippen molar-refractivity contribution in [3.05, 3.63) is 36.5 Å². The zero-order valence-electron chi connectivity index (χ0n) is 12.5. The highest BCUT2D eigenvalue weighted by molar-refractivity contribution is 5.80. The normalized spacial score (nSPS) is 11.2. The van der Waals surface area contributed by atoms with Gasteiger partial charge in [-0.2, -0.15) is 0 Å². The number of carbonyl (C=O) groups is 1. The Hall–Kier alpha value is -1.75. The molecule has 0 aliphatic rings. The molecule has 20 heavy (non-hydrogen) atoms. The predicted molar refractivity (Wildman–Crippen MR) is 85.4 cm³/mol. The zero-order chi connectivity index (χ0) is 14.9. The first kappa shape index (κ1) is 18.2. The summed E-state index contributed by atoms with van der Waals surface area (Å²) in [6, 6.07) is 0. The molecule has 0 amide bonds. The highest BCUT2D eigenvalue weighted by atomic mass is 16.4. The van der Waals surface area contributed by atoms with Gasteiger partial charge in [0.05, 0.1) is 0 Å². The average molecular weight is 274 g/mol. The number of unbranched alkanes of at least 4 members (excludes halogenated alkanes) is 7. The quantitative estimate of drug-likeness (QED) is 0.267. The molecular weight excluding hydrogens is 248 g/mol. The Morgan fingerprint density at radius 1 is 0.950 bits per heavy atom. The van der Waals surface area contributed by atoms with Gasteiger partial charge in [0.15, 0.2) is 0 Å². The van der Waals surface area contributed by atoms with Crippen molar-refractivity contribution in [1.29, 1.82) is 0 Å². The molecule has 0 bridgehead atoms. The average Bonchev–Trinajstić information content (AvgIpc) is 2.43. The summed E-state index contributed by atoms with van der Waals surface area (Å²) in [6.45, 7) is 2.24. The van der Waals surface area contributed by atoms with Gasteiger partial charge in [-0.3, -0.25) is 0 Å². The molecule has 0 aromatic rings. The molecule has 0 rings (SSSR count). The van der Waals surface area contributed by atoms with Crippen molar-refractivity contribution in [2.45, 2.75) is 58.3 Å². The largest absolute Gasteiger partial charge is 0.478 e. The lowest BCUT2D eigenvalue weighted by Crippen LogP contribution is -1.84. The summed E-state index contributed by atoms with van der Waals surface area (Å²) in [5.41, 5.74) is 0. The predicted octanol–water partition coefficient (Wildman–Crippen LogP) is 4.88. The fourth-order valence-corrected chi connectivity index (χ4v) is 1.70. The summed E-state index contributed by atoms with van der Waals surface area (Å²) in [4.78, 5) is 10.2. The second kappa shape index (κ2) is 15.3. The van der Waals surface area contributed by atoms with Gasteiger partial charge in [0.2, 0.25) is 0 Å². The van der Waals surface area contributed by atoms with E-state index in [2.05, 4.69) is 24.8 Å². The first-order valence-electron chi connectivity index (χ1n) is 7.49. The van der Waals surface area contributed by atoms with Crippen LogP contribution in [0.3, 0.4) is 0 Å². The third kappa shape index (κ3) is 16.2. The summed E-state index contributed by atoms with van der Waals surface area (Å²) < 4.78 is 0. The summed E-state index contributed by atoms with van der Waals surface area (Å²) in [5.74, 6) is 4.77. The minimum absolute atomic E-state index is 0.947. The van der Waals surface area contributed by atoms with Crippen LogP contribution < -0.4 is 0 Å². The van der Waals surface area contributed by atoms with E-state index in [1.165, 1.54) is 51.0 Å². The second-order valence-corrected chi connectivity index (χ2v) is 4.66. The van der Waals surface area contributed by atoms with Crippen molar-refractivity contribution in [3.63, 3.8) is 0 Å². The van der Waals surface area contributed by atoms with Gasteiger partial charge in [-0.1, -0.05) is 75.5 Å². The highest BCUT2D eigenvalue weighted by Gasteiger charge is 1.88. The lowest BCUT2D eigenvalue weighted by molar-refractivity contribution is -0.131. The molecule has 0 heterocycles. The van der Waals surface area contributed by atoms with Gasteiger partial charge in [-0.25, -0.2) is 4.79 Å². The van der Waals surface area contributed by atoms with Gasteiger partial charge >= 0.3 is 5.97 Å². The molecule has 0 aliphatic carbocycles. The van der Waals surface area contributed by atoms with Crippen LogP contribution in [0, 0.1) is 11.8 Å². The summed E-state index contributed by atoms with van der Waals surface area (Å²) in [6.07, 6.45) is 20.1. The number of carboxylic acids is 1. The third-order valence-corrected chi connectivity index (χ3v) is 2.79. The van der Waals surface area contributed by atoms with Gasteiger partial charge in [0.1, 0.15) is 0 Å². The lowest BCUT2D eigenvalue weighted by Gasteiger charge is -1.98. The van der Waals surface area contributed by atoms with Crippen LogP contribution in [0.2, 0.25) is 0 Å². The first-order chi connectivity index (χ1) is 9.77. The first-order valence-corrected chi connectivity index (χ1v) is 7.49. The lowest BCUT2D eigenvalue weighted by atomic mass is 10.1.